The first kappa shape index (κ1) is 15.5. The van der Waals surface area contributed by atoms with E-state index in [4.69, 9.17) is 11.6 Å². The Morgan fingerprint density at radius 1 is 1.08 bits per heavy atom. The molecule has 25 heavy (non-hydrogen) atoms. The Bertz CT molecular complexity index is 1060. The van der Waals surface area contributed by atoms with Crippen LogP contribution in [0.2, 0.25) is 5.02 Å². The molecule has 0 saturated carbocycles. The third-order valence-corrected chi connectivity index (χ3v) is 4.02. The van der Waals surface area contributed by atoms with Crippen LogP contribution >= 0.6 is 11.6 Å². The van der Waals surface area contributed by atoms with Crippen LogP contribution in [0.3, 0.4) is 0 Å². The standard InChI is InChI=1S/C18H13ClFN5/c1-10-2-4-13(9-21-10)23-18-14(19)6-11(8-22-18)17-24-15-5-3-12(20)7-16(15)25-17/h2-9H,1H3,(H,22,23)(H,24,25). The average Bonchev–Trinajstić information content (AvgIpc) is 3.01. The number of aromatic nitrogens is 4. The Hall–Kier alpha value is -2.99. The quantitative estimate of drug-likeness (QED) is 0.551. The number of hydrogen-bond acceptors (Lipinski definition) is 4. The minimum Gasteiger partial charge on any atom is -0.338 e. The molecule has 7 heteroatoms. The maximum absolute atomic E-state index is 13.3. The lowest BCUT2D eigenvalue weighted by Crippen LogP contribution is -1.96. The maximum Gasteiger partial charge on any atom is 0.149 e. The van der Waals surface area contributed by atoms with Crippen molar-refractivity contribution in [3.05, 3.63) is 65.3 Å². The molecule has 0 fully saturated rings. The van der Waals surface area contributed by atoms with Gasteiger partial charge in [0.25, 0.3) is 0 Å². The van der Waals surface area contributed by atoms with Crippen LogP contribution in [0.25, 0.3) is 22.4 Å². The fraction of sp³-hybridized carbons (Fsp3) is 0.0556. The van der Waals surface area contributed by atoms with Crippen molar-refractivity contribution in [2.24, 2.45) is 0 Å². The number of aromatic amines is 1. The van der Waals surface area contributed by atoms with Crippen LogP contribution in [0.5, 0.6) is 0 Å². The molecule has 0 spiro atoms. The first-order valence-corrected chi connectivity index (χ1v) is 7.97. The number of imidazole rings is 1. The monoisotopic (exact) mass is 353 g/mol. The van der Waals surface area contributed by atoms with Gasteiger partial charge in [-0.2, -0.15) is 0 Å². The van der Waals surface area contributed by atoms with E-state index in [1.807, 2.05) is 19.1 Å². The van der Waals surface area contributed by atoms with Crippen LogP contribution in [0.15, 0.2) is 48.8 Å². The van der Waals surface area contributed by atoms with Crippen LogP contribution in [-0.4, -0.2) is 19.9 Å². The molecular formula is C18H13ClFN5. The molecule has 0 bridgehead atoms. The van der Waals surface area contributed by atoms with Crippen molar-refractivity contribution >= 4 is 34.1 Å². The molecule has 1 aromatic carbocycles. The Morgan fingerprint density at radius 3 is 2.72 bits per heavy atom. The lowest BCUT2D eigenvalue weighted by Gasteiger charge is -2.08. The molecule has 3 aromatic heterocycles. The number of hydrogen-bond donors (Lipinski definition) is 2. The highest BCUT2D eigenvalue weighted by molar-refractivity contribution is 6.33. The first-order valence-electron chi connectivity index (χ1n) is 7.59. The van der Waals surface area contributed by atoms with Gasteiger partial charge in [0, 0.05) is 17.5 Å². The van der Waals surface area contributed by atoms with Gasteiger partial charge < -0.3 is 10.3 Å². The molecule has 0 atom stereocenters. The molecule has 4 rings (SSSR count). The number of fused-ring (bicyclic) bond motifs is 1. The second-order valence-corrected chi connectivity index (χ2v) is 6.02. The molecule has 0 radical (unpaired) electrons. The second-order valence-electron chi connectivity index (χ2n) is 5.61. The Morgan fingerprint density at radius 2 is 1.96 bits per heavy atom. The molecular weight excluding hydrogens is 341 g/mol. The summed E-state index contributed by atoms with van der Waals surface area (Å²) in [5, 5.41) is 3.58. The first-order chi connectivity index (χ1) is 12.1. The topological polar surface area (TPSA) is 66.5 Å². The minimum atomic E-state index is -0.315. The SMILES string of the molecule is Cc1ccc(Nc2ncc(-c3nc4ccc(F)cc4[nH]3)cc2Cl)cn1. The summed E-state index contributed by atoms with van der Waals surface area (Å²) < 4.78 is 13.3. The number of nitrogens with one attached hydrogen (secondary N) is 2. The number of rotatable bonds is 3. The summed E-state index contributed by atoms with van der Waals surface area (Å²) in [6.45, 7) is 1.92. The molecule has 4 aromatic rings. The van der Waals surface area contributed by atoms with Gasteiger partial charge in [-0.1, -0.05) is 11.6 Å². The van der Waals surface area contributed by atoms with Crippen molar-refractivity contribution in [1.29, 1.82) is 0 Å². The van der Waals surface area contributed by atoms with Crippen molar-refractivity contribution in [3.63, 3.8) is 0 Å². The predicted molar refractivity (Wildman–Crippen MR) is 96.5 cm³/mol. The number of halogens is 2. The molecule has 2 N–H and O–H groups in total. The van der Waals surface area contributed by atoms with E-state index in [9.17, 15) is 4.39 Å². The highest BCUT2D eigenvalue weighted by Gasteiger charge is 2.10. The summed E-state index contributed by atoms with van der Waals surface area (Å²) in [7, 11) is 0. The van der Waals surface area contributed by atoms with E-state index in [1.165, 1.54) is 12.1 Å². The molecule has 124 valence electrons. The van der Waals surface area contributed by atoms with Crippen LogP contribution in [-0.2, 0) is 0 Å². The number of pyridine rings is 2. The van der Waals surface area contributed by atoms with Gasteiger partial charge in [0.2, 0.25) is 0 Å². The minimum absolute atomic E-state index is 0.315. The predicted octanol–water partition coefficient (Wildman–Crippen LogP) is 4.86. The third kappa shape index (κ3) is 3.16. The van der Waals surface area contributed by atoms with Crippen LogP contribution in [0.1, 0.15) is 5.69 Å². The molecule has 0 saturated heterocycles. The number of anilines is 2. The van der Waals surface area contributed by atoms with Gasteiger partial charge in [0.1, 0.15) is 17.5 Å². The third-order valence-electron chi connectivity index (χ3n) is 3.73. The molecule has 3 heterocycles. The van der Waals surface area contributed by atoms with Gasteiger partial charge in [-0.3, -0.25) is 4.98 Å². The largest absolute Gasteiger partial charge is 0.338 e. The zero-order chi connectivity index (χ0) is 17.4. The highest BCUT2D eigenvalue weighted by atomic mass is 35.5. The lowest BCUT2D eigenvalue weighted by molar-refractivity contribution is 0.629. The fourth-order valence-corrected chi connectivity index (χ4v) is 2.67. The summed E-state index contributed by atoms with van der Waals surface area (Å²) in [4.78, 5) is 16.1. The summed E-state index contributed by atoms with van der Waals surface area (Å²) in [5.74, 6) is 0.793. The summed E-state index contributed by atoms with van der Waals surface area (Å²) >= 11 is 6.34. The van der Waals surface area contributed by atoms with Gasteiger partial charge >= 0.3 is 0 Å². The van der Waals surface area contributed by atoms with Gasteiger partial charge in [-0.05, 0) is 43.3 Å². The fourth-order valence-electron chi connectivity index (χ4n) is 2.46. The van der Waals surface area contributed by atoms with E-state index in [0.717, 1.165) is 11.4 Å². The lowest BCUT2D eigenvalue weighted by atomic mass is 10.2. The van der Waals surface area contributed by atoms with Crippen molar-refractivity contribution in [2.75, 3.05) is 5.32 Å². The van der Waals surface area contributed by atoms with Gasteiger partial charge in [-0.25, -0.2) is 14.4 Å². The van der Waals surface area contributed by atoms with E-state index >= 15 is 0 Å². The molecule has 0 amide bonds. The zero-order valence-electron chi connectivity index (χ0n) is 13.2. The molecule has 0 unspecified atom stereocenters. The number of aryl methyl sites for hydroxylation is 1. The van der Waals surface area contributed by atoms with Crippen LogP contribution in [0.4, 0.5) is 15.9 Å². The number of benzene rings is 1. The normalized spacial score (nSPS) is 11.0. The molecule has 0 aliphatic rings. The molecule has 5 nitrogen and oxygen atoms in total. The van der Waals surface area contributed by atoms with E-state index < -0.39 is 0 Å². The summed E-state index contributed by atoms with van der Waals surface area (Å²) in [6, 6.07) is 9.97. The Balaban J connectivity index is 1.65. The highest BCUT2D eigenvalue weighted by Crippen LogP contribution is 2.28. The average molecular weight is 354 g/mol. The van der Waals surface area contributed by atoms with Crippen molar-refractivity contribution in [1.82, 2.24) is 19.9 Å². The van der Waals surface area contributed by atoms with Gasteiger partial charge in [0.05, 0.1) is 27.9 Å². The Labute approximate surface area is 147 Å². The van der Waals surface area contributed by atoms with Gasteiger partial charge in [-0.15, -0.1) is 0 Å². The smallest absolute Gasteiger partial charge is 0.149 e. The molecule has 0 aliphatic heterocycles. The van der Waals surface area contributed by atoms with Gasteiger partial charge in [0.15, 0.2) is 0 Å². The van der Waals surface area contributed by atoms with Crippen molar-refractivity contribution in [2.45, 2.75) is 6.92 Å². The van der Waals surface area contributed by atoms with E-state index in [1.54, 1.807) is 24.5 Å². The maximum atomic E-state index is 13.3. The molecule has 0 aliphatic carbocycles. The van der Waals surface area contributed by atoms with E-state index in [0.29, 0.717) is 33.3 Å². The van der Waals surface area contributed by atoms with E-state index in [2.05, 4.69) is 25.3 Å². The van der Waals surface area contributed by atoms with Crippen LogP contribution < -0.4 is 5.32 Å². The Kier molecular flexibility index (Phi) is 3.82. The zero-order valence-corrected chi connectivity index (χ0v) is 14.0. The number of H-pyrrole nitrogens is 1. The summed E-state index contributed by atoms with van der Waals surface area (Å²) in [5.41, 5.74) is 3.75. The van der Waals surface area contributed by atoms with Crippen molar-refractivity contribution in [3.8, 4) is 11.4 Å². The van der Waals surface area contributed by atoms with Crippen molar-refractivity contribution < 1.29 is 4.39 Å². The second kappa shape index (κ2) is 6.14. The van der Waals surface area contributed by atoms with E-state index in [-0.39, 0.29) is 5.82 Å². The summed E-state index contributed by atoms with van der Waals surface area (Å²) in [6.07, 6.45) is 3.37. The number of nitrogens with zero attached hydrogens (tertiary/aromatic N) is 3. The van der Waals surface area contributed by atoms with Crippen LogP contribution in [0, 0.1) is 12.7 Å².